The highest BCUT2D eigenvalue weighted by Crippen LogP contribution is 2.19. The smallest absolute Gasteiger partial charge is 0.254 e. The minimum absolute atomic E-state index is 0.0111. The molecule has 0 saturated heterocycles. The summed E-state index contributed by atoms with van der Waals surface area (Å²) in [5.41, 5.74) is 0.641. The standard InChI is InChI=1S/C22H21ClFN5O2S/c1-2-13-29-19(11-12-25-21(31)17-5-3-4-6-18(17)24)27-28-22(29)32-14-20(30)26-16-9-7-15(23)8-10-16/h2-10H,1,11-14H2,(H,25,31)(H,26,30). The number of rotatable bonds is 10. The maximum absolute atomic E-state index is 13.7. The number of amides is 2. The molecular formula is C22H21ClFN5O2S. The number of carbonyl (C=O) groups excluding carboxylic acids is 2. The SMILES string of the molecule is C=CCn1c(CCNC(=O)c2ccccc2F)nnc1SCC(=O)Nc1ccc(Cl)cc1. The van der Waals surface area contributed by atoms with E-state index in [9.17, 15) is 14.0 Å². The van der Waals surface area contributed by atoms with Gasteiger partial charge in [-0.3, -0.25) is 9.59 Å². The minimum atomic E-state index is -0.574. The lowest BCUT2D eigenvalue weighted by Crippen LogP contribution is -2.27. The van der Waals surface area contributed by atoms with E-state index in [0.29, 0.717) is 34.7 Å². The number of nitrogens with zero attached hydrogens (tertiary/aromatic N) is 3. The molecule has 0 aliphatic carbocycles. The lowest BCUT2D eigenvalue weighted by atomic mass is 10.2. The summed E-state index contributed by atoms with van der Waals surface area (Å²) in [4.78, 5) is 24.4. The van der Waals surface area contributed by atoms with Gasteiger partial charge < -0.3 is 15.2 Å². The highest BCUT2D eigenvalue weighted by Gasteiger charge is 2.15. The van der Waals surface area contributed by atoms with Crippen molar-refractivity contribution in [2.45, 2.75) is 18.1 Å². The quantitative estimate of drug-likeness (QED) is 0.343. The Bertz CT molecular complexity index is 1100. The van der Waals surface area contributed by atoms with Gasteiger partial charge in [0.25, 0.3) is 5.91 Å². The average Bonchev–Trinajstić information content (AvgIpc) is 3.16. The van der Waals surface area contributed by atoms with Crippen molar-refractivity contribution in [2.75, 3.05) is 17.6 Å². The van der Waals surface area contributed by atoms with Crippen molar-refractivity contribution in [3.63, 3.8) is 0 Å². The van der Waals surface area contributed by atoms with Crippen molar-refractivity contribution in [3.8, 4) is 0 Å². The molecule has 2 amide bonds. The lowest BCUT2D eigenvalue weighted by molar-refractivity contribution is -0.113. The van der Waals surface area contributed by atoms with Crippen LogP contribution < -0.4 is 10.6 Å². The van der Waals surface area contributed by atoms with Crippen LogP contribution in [-0.2, 0) is 17.8 Å². The Balaban J connectivity index is 1.55. The van der Waals surface area contributed by atoms with Crippen LogP contribution in [0.15, 0.2) is 66.3 Å². The topological polar surface area (TPSA) is 88.9 Å². The molecule has 0 saturated carbocycles. The van der Waals surface area contributed by atoms with Crippen LogP contribution in [0.2, 0.25) is 5.02 Å². The summed E-state index contributed by atoms with van der Waals surface area (Å²) in [7, 11) is 0. The molecule has 0 radical (unpaired) electrons. The number of carbonyl (C=O) groups is 2. The highest BCUT2D eigenvalue weighted by atomic mass is 35.5. The predicted molar refractivity (Wildman–Crippen MR) is 123 cm³/mol. The van der Waals surface area contributed by atoms with Crippen LogP contribution in [0.4, 0.5) is 10.1 Å². The Labute approximate surface area is 194 Å². The van der Waals surface area contributed by atoms with Crippen LogP contribution in [0, 0.1) is 5.82 Å². The van der Waals surface area contributed by atoms with Crippen LogP contribution in [0.25, 0.3) is 0 Å². The first-order valence-electron chi connectivity index (χ1n) is 9.72. The van der Waals surface area contributed by atoms with Gasteiger partial charge in [-0.1, -0.05) is 41.6 Å². The first kappa shape index (κ1) is 23.5. The van der Waals surface area contributed by atoms with Crippen LogP contribution in [0.1, 0.15) is 16.2 Å². The second-order valence-electron chi connectivity index (χ2n) is 6.63. The fourth-order valence-electron chi connectivity index (χ4n) is 2.81. The molecule has 0 fully saturated rings. The van der Waals surface area contributed by atoms with E-state index in [1.807, 2.05) is 4.57 Å². The molecule has 0 unspecified atom stereocenters. The van der Waals surface area contributed by atoms with Crippen molar-refractivity contribution in [1.82, 2.24) is 20.1 Å². The third-order valence-electron chi connectivity index (χ3n) is 4.32. The minimum Gasteiger partial charge on any atom is -0.351 e. The van der Waals surface area contributed by atoms with Gasteiger partial charge in [-0.15, -0.1) is 16.8 Å². The summed E-state index contributed by atoms with van der Waals surface area (Å²) in [6.07, 6.45) is 2.08. The van der Waals surface area contributed by atoms with Gasteiger partial charge in [0.1, 0.15) is 11.6 Å². The Morgan fingerprint density at radius 1 is 1.16 bits per heavy atom. The van der Waals surface area contributed by atoms with Crippen LogP contribution in [0.3, 0.4) is 0 Å². The molecule has 0 aliphatic rings. The fraction of sp³-hybridized carbons (Fsp3) is 0.182. The summed E-state index contributed by atoms with van der Waals surface area (Å²) in [5, 5.41) is 14.9. The molecule has 3 aromatic rings. The monoisotopic (exact) mass is 473 g/mol. The number of thioether (sulfide) groups is 1. The Kier molecular flexibility index (Phi) is 8.41. The molecule has 1 heterocycles. The van der Waals surface area contributed by atoms with Gasteiger partial charge in [-0.25, -0.2) is 4.39 Å². The van der Waals surface area contributed by atoms with Crippen LogP contribution in [0.5, 0.6) is 0 Å². The number of hydrogen-bond donors (Lipinski definition) is 2. The summed E-state index contributed by atoms with van der Waals surface area (Å²) < 4.78 is 15.5. The molecule has 166 valence electrons. The summed E-state index contributed by atoms with van der Waals surface area (Å²) >= 11 is 7.09. The van der Waals surface area contributed by atoms with Gasteiger partial charge in [-0.05, 0) is 36.4 Å². The molecule has 0 spiro atoms. The normalized spacial score (nSPS) is 10.6. The molecule has 0 bridgehead atoms. The van der Waals surface area contributed by atoms with E-state index >= 15 is 0 Å². The Hall–Kier alpha value is -3.17. The van der Waals surface area contributed by atoms with Gasteiger partial charge >= 0.3 is 0 Å². The molecule has 0 atom stereocenters. The Morgan fingerprint density at radius 3 is 2.62 bits per heavy atom. The predicted octanol–water partition coefficient (Wildman–Crippen LogP) is 3.96. The van der Waals surface area contributed by atoms with E-state index < -0.39 is 11.7 Å². The van der Waals surface area contributed by atoms with Crippen LogP contribution >= 0.6 is 23.4 Å². The number of nitrogens with one attached hydrogen (secondary N) is 2. The van der Waals surface area contributed by atoms with Gasteiger partial charge in [0.05, 0.1) is 11.3 Å². The molecule has 2 aromatic carbocycles. The van der Waals surface area contributed by atoms with E-state index in [0.717, 1.165) is 0 Å². The number of allylic oxidation sites excluding steroid dienone is 1. The molecule has 32 heavy (non-hydrogen) atoms. The molecule has 0 aliphatic heterocycles. The van der Waals surface area contributed by atoms with E-state index in [1.165, 1.54) is 30.0 Å². The molecule has 7 nitrogen and oxygen atoms in total. The summed E-state index contributed by atoms with van der Waals surface area (Å²) in [5.74, 6) is -0.493. The second kappa shape index (κ2) is 11.4. The van der Waals surface area contributed by atoms with Crippen LogP contribution in [-0.4, -0.2) is 38.9 Å². The average molecular weight is 474 g/mol. The van der Waals surface area contributed by atoms with Crippen molar-refractivity contribution < 1.29 is 14.0 Å². The number of aromatic nitrogens is 3. The van der Waals surface area contributed by atoms with E-state index in [-0.39, 0.29) is 23.8 Å². The first-order valence-corrected chi connectivity index (χ1v) is 11.1. The zero-order valence-electron chi connectivity index (χ0n) is 17.1. The van der Waals surface area contributed by atoms with Crippen molar-refractivity contribution in [3.05, 3.63) is 83.4 Å². The van der Waals surface area contributed by atoms with E-state index in [2.05, 4.69) is 27.4 Å². The molecule has 3 rings (SSSR count). The molecule has 10 heteroatoms. The molecular weight excluding hydrogens is 453 g/mol. The Morgan fingerprint density at radius 2 is 1.91 bits per heavy atom. The number of halogens is 2. The largest absolute Gasteiger partial charge is 0.351 e. The zero-order valence-corrected chi connectivity index (χ0v) is 18.6. The number of anilines is 1. The number of hydrogen-bond acceptors (Lipinski definition) is 5. The van der Waals surface area contributed by atoms with Gasteiger partial charge in [-0.2, -0.15) is 0 Å². The molecule has 2 N–H and O–H groups in total. The third-order valence-corrected chi connectivity index (χ3v) is 5.54. The van der Waals surface area contributed by atoms with Crippen molar-refractivity contribution in [1.29, 1.82) is 0 Å². The summed E-state index contributed by atoms with van der Waals surface area (Å²) in [6, 6.07) is 12.6. The maximum Gasteiger partial charge on any atom is 0.254 e. The van der Waals surface area contributed by atoms with Gasteiger partial charge in [0.2, 0.25) is 5.91 Å². The van der Waals surface area contributed by atoms with Crippen molar-refractivity contribution in [2.24, 2.45) is 0 Å². The lowest BCUT2D eigenvalue weighted by Gasteiger charge is -2.09. The van der Waals surface area contributed by atoms with E-state index in [1.54, 1.807) is 36.4 Å². The first-order chi connectivity index (χ1) is 15.5. The summed E-state index contributed by atoms with van der Waals surface area (Å²) in [6.45, 7) is 4.45. The van der Waals surface area contributed by atoms with Crippen molar-refractivity contribution >= 4 is 40.9 Å². The molecule has 1 aromatic heterocycles. The van der Waals surface area contributed by atoms with Gasteiger partial charge in [0.15, 0.2) is 5.16 Å². The van der Waals surface area contributed by atoms with E-state index in [4.69, 9.17) is 11.6 Å². The van der Waals surface area contributed by atoms with Gasteiger partial charge in [0, 0.05) is 30.2 Å². The second-order valence-corrected chi connectivity index (χ2v) is 8.01. The number of benzene rings is 2. The maximum atomic E-state index is 13.7. The third kappa shape index (κ3) is 6.41. The highest BCUT2D eigenvalue weighted by molar-refractivity contribution is 7.99. The zero-order chi connectivity index (χ0) is 22.9. The fourth-order valence-corrected chi connectivity index (χ4v) is 3.70.